The van der Waals surface area contributed by atoms with Crippen LogP contribution in [0.25, 0.3) is 5.69 Å². The van der Waals surface area contributed by atoms with Crippen LogP contribution >= 0.6 is 0 Å². The van der Waals surface area contributed by atoms with E-state index in [1.165, 1.54) is 16.8 Å². The van der Waals surface area contributed by atoms with Gasteiger partial charge in [0, 0.05) is 38.7 Å². The Labute approximate surface area is 195 Å². The number of methoxy groups -OCH3 is 1. The van der Waals surface area contributed by atoms with Gasteiger partial charge < -0.3 is 10.1 Å². The van der Waals surface area contributed by atoms with Gasteiger partial charge in [-0.15, -0.1) is 0 Å². The third-order valence-corrected chi connectivity index (χ3v) is 6.02. The Morgan fingerprint density at radius 3 is 2.53 bits per heavy atom. The molecule has 1 saturated heterocycles. The molecule has 1 fully saturated rings. The molecule has 2 aromatic carbocycles. The van der Waals surface area contributed by atoms with Crippen molar-refractivity contribution in [3.05, 3.63) is 81.6 Å². The van der Waals surface area contributed by atoms with Crippen LogP contribution in [-0.2, 0) is 4.74 Å². The number of rotatable bonds is 7. The van der Waals surface area contributed by atoms with Gasteiger partial charge in [0.05, 0.1) is 23.9 Å². The lowest BCUT2D eigenvalue weighted by Crippen LogP contribution is -2.42. The number of likely N-dealkylation sites (tertiary alicyclic amines) is 1. The lowest BCUT2D eigenvalue weighted by atomic mass is 9.94. The van der Waals surface area contributed by atoms with E-state index in [0.717, 1.165) is 6.07 Å². The highest BCUT2D eigenvalue weighted by Gasteiger charge is 2.35. The number of nitrogens with zero attached hydrogens (tertiary/aromatic N) is 2. The minimum atomic E-state index is -0.664. The van der Waals surface area contributed by atoms with E-state index in [-0.39, 0.29) is 11.5 Å². The predicted octanol–water partition coefficient (Wildman–Crippen LogP) is 2.99. The van der Waals surface area contributed by atoms with Gasteiger partial charge in [0.25, 0.3) is 5.56 Å². The van der Waals surface area contributed by atoms with E-state index in [9.17, 15) is 18.4 Å². The summed E-state index contributed by atoms with van der Waals surface area (Å²) in [6.07, 6.45) is 0. The molecule has 8 nitrogen and oxygen atoms in total. The summed E-state index contributed by atoms with van der Waals surface area (Å²) in [7, 11) is 1.60. The summed E-state index contributed by atoms with van der Waals surface area (Å²) in [6.45, 7) is 3.73. The predicted molar refractivity (Wildman–Crippen MR) is 124 cm³/mol. The zero-order valence-corrected chi connectivity index (χ0v) is 19.0. The summed E-state index contributed by atoms with van der Waals surface area (Å²) in [5.41, 5.74) is 1.19. The molecule has 34 heavy (non-hydrogen) atoms. The number of benzene rings is 2. The van der Waals surface area contributed by atoms with Crippen LogP contribution in [0.1, 0.15) is 17.0 Å². The Kier molecular flexibility index (Phi) is 7.09. The number of anilines is 1. The summed E-state index contributed by atoms with van der Waals surface area (Å²) in [6, 6.07) is 11.6. The first kappa shape index (κ1) is 23.7. The molecule has 2 atom stereocenters. The third kappa shape index (κ3) is 5.18. The van der Waals surface area contributed by atoms with Crippen LogP contribution < -0.4 is 16.2 Å². The van der Waals surface area contributed by atoms with E-state index >= 15 is 0 Å². The van der Waals surface area contributed by atoms with Crippen molar-refractivity contribution >= 4 is 11.8 Å². The zero-order chi connectivity index (χ0) is 24.2. The molecule has 0 saturated carbocycles. The number of nitrogens with one attached hydrogen (secondary N) is 3. The lowest BCUT2D eigenvalue weighted by molar-refractivity contribution is 0.159. The second kappa shape index (κ2) is 10.2. The monoisotopic (exact) mass is 471 g/mol. The number of ether oxygens (including phenoxy) is 1. The molecule has 1 aliphatic heterocycles. The standard InChI is InChI=1S/C24H27F2N5O3/c1-15-22(31(29-23(15)32)19-6-4-3-5-7-19)28-24(33)27-21-14-30(8-9-34-2)13-20(21)16-10-17(25)12-18(26)11-16/h3-7,10-12,20-21H,8-9,13-14H2,1-2H3,(H,29,32)(H2,27,28,33). The number of carbonyl (C=O) groups excluding carboxylic acids is 1. The van der Waals surface area contributed by atoms with Gasteiger partial charge >= 0.3 is 6.03 Å². The van der Waals surface area contributed by atoms with E-state index in [1.807, 2.05) is 18.2 Å². The van der Waals surface area contributed by atoms with Gasteiger partial charge in [-0.3, -0.25) is 20.1 Å². The maximum absolute atomic E-state index is 13.9. The van der Waals surface area contributed by atoms with Crippen molar-refractivity contribution in [2.24, 2.45) is 0 Å². The van der Waals surface area contributed by atoms with E-state index in [0.29, 0.717) is 48.9 Å². The molecule has 2 unspecified atom stereocenters. The Morgan fingerprint density at radius 1 is 1.15 bits per heavy atom. The smallest absolute Gasteiger partial charge is 0.320 e. The molecule has 3 aromatic rings. The molecule has 180 valence electrons. The minimum absolute atomic E-state index is 0.316. The fraction of sp³-hybridized carbons (Fsp3) is 0.333. The molecular weight excluding hydrogens is 444 g/mol. The number of aromatic amines is 1. The topological polar surface area (TPSA) is 91.4 Å². The van der Waals surface area contributed by atoms with Crippen molar-refractivity contribution in [1.82, 2.24) is 20.0 Å². The molecule has 10 heteroatoms. The van der Waals surface area contributed by atoms with E-state index in [1.54, 1.807) is 26.2 Å². The van der Waals surface area contributed by atoms with Crippen molar-refractivity contribution < 1.29 is 18.3 Å². The Balaban J connectivity index is 1.56. The number of carbonyl (C=O) groups is 1. The number of halogens is 2. The van der Waals surface area contributed by atoms with E-state index < -0.39 is 23.7 Å². The van der Waals surface area contributed by atoms with Crippen LogP contribution in [0.3, 0.4) is 0 Å². The molecule has 1 aliphatic rings. The Hall–Kier alpha value is -3.50. The summed E-state index contributed by atoms with van der Waals surface area (Å²) < 4.78 is 34.5. The Morgan fingerprint density at radius 2 is 1.85 bits per heavy atom. The second-order valence-electron chi connectivity index (χ2n) is 8.35. The highest BCUT2D eigenvalue weighted by molar-refractivity contribution is 5.89. The summed E-state index contributed by atoms with van der Waals surface area (Å²) in [4.78, 5) is 27.3. The van der Waals surface area contributed by atoms with Gasteiger partial charge in [0.2, 0.25) is 0 Å². The number of para-hydroxylation sites is 1. The minimum Gasteiger partial charge on any atom is -0.383 e. The molecule has 0 aliphatic carbocycles. The summed E-state index contributed by atoms with van der Waals surface area (Å²) in [5.74, 6) is -1.33. The lowest BCUT2D eigenvalue weighted by Gasteiger charge is -2.21. The van der Waals surface area contributed by atoms with Crippen molar-refractivity contribution in [3.63, 3.8) is 0 Å². The normalized spacial score (nSPS) is 18.2. The molecule has 2 amide bonds. The van der Waals surface area contributed by atoms with Crippen molar-refractivity contribution in [1.29, 1.82) is 0 Å². The average Bonchev–Trinajstić information content (AvgIpc) is 3.33. The van der Waals surface area contributed by atoms with Gasteiger partial charge in [0.1, 0.15) is 17.5 Å². The number of amides is 2. The third-order valence-electron chi connectivity index (χ3n) is 6.02. The first-order valence-electron chi connectivity index (χ1n) is 11.0. The van der Waals surface area contributed by atoms with Crippen molar-refractivity contribution in [3.8, 4) is 5.69 Å². The van der Waals surface area contributed by atoms with E-state index in [2.05, 4.69) is 20.6 Å². The molecule has 4 rings (SSSR count). The first-order chi connectivity index (χ1) is 16.4. The van der Waals surface area contributed by atoms with Crippen LogP contribution in [-0.4, -0.2) is 60.1 Å². The van der Waals surface area contributed by atoms with Crippen molar-refractivity contribution in [2.75, 3.05) is 38.7 Å². The fourth-order valence-corrected chi connectivity index (χ4v) is 4.31. The van der Waals surface area contributed by atoms with Gasteiger partial charge in [-0.1, -0.05) is 18.2 Å². The largest absolute Gasteiger partial charge is 0.383 e. The number of H-pyrrole nitrogens is 1. The molecule has 2 heterocycles. The first-order valence-corrected chi connectivity index (χ1v) is 11.0. The summed E-state index contributed by atoms with van der Waals surface area (Å²) >= 11 is 0. The molecular formula is C24H27F2N5O3. The second-order valence-corrected chi connectivity index (χ2v) is 8.35. The highest BCUT2D eigenvalue weighted by atomic mass is 19.1. The van der Waals surface area contributed by atoms with Crippen LogP contribution in [0.15, 0.2) is 53.3 Å². The maximum atomic E-state index is 13.9. The fourth-order valence-electron chi connectivity index (χ4n) is 4.31. The quantitative estimate of drug-likeness (QED) is 0.494. The number of hydrogen-bond acceptors (Lipinski definition) is 4. The number of urea groups is 1. The van der Waals surface area contributed by atoms with Gasteiger partial charge in [0.15, 0.2) is 0 Å². The molecule has 0 spiro atoms. The molecule has 1 aromatic heterocycles. The molecule has 0 bridgehead atoms. The van der Waals surface area contributed by atoms with Gasteiger partial charge in [-0.2, -0.15) is 0 Å². The molecule has 0 radical (unpaired) electrons. The highest BCUT2D eigenvalue weighted by Crippen LogP contribution is 2.29. The van der Waals surface area contributed by atoms with Crippen LogP contribution in [0.5, 0.6) is 0 Å². The Bertz CT molecular complexity index is 1190. The van der Waals surface area contributed by atoms with Crippen LogP contribution in [0.2, 0.25) is 0 Å². The molecule has 3 N–H and O–H groups in total. The average molecular weight is 472 g/mol. The number of aromatic nitrogens is 2. The van der Waals surface area contributed by atoms with Crippen LogP contribution in [0, 0.1) is 18.6 Å². The van der Waals surface area contributed by atoms with Gasteiger partial charge in [-0.05, 0) is 36.8 Å². The summed E-state index contributed by atoms with van der Waals surface area (Å²) in [5, 5.41) is 8.42. The van der Waals surface area contributed by atoms with Gasteiger partial charge in [-0.25, -0.2) is 18.3 Å². The maximum Gasteiger partial charge on any atom is 0.320 e. The van der Waals surface area contributed by atoms with Crippen LogP contribution in [0.4, 0.5) is 19.4 Å². The number of hydrogen-bond donors (Lipinski definition) is 3. The SMILES string of the molecule is COCCN1CC(NC(=O)Nc2c(C)c(=O)[nH]n2-c2ccccc2)C(c2cc(F)cc(F)c2)C1. The van der Waals surface area contributed by atoms with E-state index in [4.69, 9.17) is 4.74 Å². The zero-order valence-electron chi connectivity index (χ0n) is 19.0. The van der Waals surface area contributed by atoms with Crippen molar-refractivity contribution in [2.45, 2.75) is 18.9 Å².